The van der Waals surface area contributed by atoms with Crippen LogP contribution in [0.4, 0.5) is 5.69 Å². The van der Waals surface area contributed by atoms with E-state index in [1.54, 1.807) is 42.5 Å². The highest BCUT2D eigenvalue weighted by atomic mass is 35.5. The molecule has 0 spiro atoms. The quantitative estimate of drug-likeness (QED) is 0.692. The Bertz CT molecular complexity index is 765. The van der Waals surface area contributed by atoms with Gasteiger partial charge in [-0.05, 0) is 36.8 Å². The van der Waals surface area contributed by atoms with Gasteiger partial charge in [0.25, 0.3) is 0 Å². The molecular formula is C17H13ClN2O2. The fraction of sp³-hybridized carbons (Fsp3) is 0.118. The minimum Gasteiger partial charge on any atom is -0.325 e. The molecule has 0 fully saturated rings. The van der Waals surface area contributed by atoms with E-state index in [1.165, 1.54) is 6.07 Å². The number of nitriles is 1. The third kappa shape index (κ3) is 3.51. The molecule has 2 aromatic carbocycles. The Morgan fingerprint density at radius 1 is 1.18 bits per heavy atom. The summed E-state index contributed by atoms with van der Waals surface area (Å²) in [5.74, 6) is -2.73. The number of amides is 1. The highest BCUT2D eigenvalue weighted by molar-refractivity contribution is 6.35. The van der Waals surface area contributed by atoms with Crippen LogP contribution in [0.2, 0.25) is 5.02 Å². The number of aryl methyl sites for hydroxylation is 1. The van der Waals surface area contributed by atoms with Gasteiger partial charge in [-0.15, -0.1) is 0 Å². The molecule has 0 saturated carbocycles. The fourth-order valence-electron chi connectivity index (χ4n) is 1.99. The van der Waals surface area contributed by atoms with Crippen LogP contribution in [0, 0.1) is 24.2 Å². The van der Waals surface area contributed by atoms with Gasteiger partial charge in [0.2, 0.25) is 5.91 Å². The van der Waals surface area contributed by atoms with Gasteiger partial charge in [0.15, 0.2) is 11.7 Å². The van der Waals surface area contributed by atoms with Crippen molar-refractivity contribution in [1.29, 1.82) is 5.26 Å². The van der Waals surface area contributed by atoms with Crippen LogP contribution in [0.25, 0.3) is 0 Å². The number of nitrogens with zero attached hydrogens (tertiary/aromatic N) is 1. The van der Waals surface area contributed by atoms with Crippen LogP contribution >= 0.6 is 11.6 Å². The first kappa shape index (κ1) is 15.7. The minimum absolute atomic E-state index is 0.162. The van der Waals surface area contributed by atoms with Gasteiger partial charge in [0.05, 0.1) is 11.1 Å². The molecule has 0 bridgehead atoms. The van der Waals surface area contributed by atoms with Crippen LogP contribution < -0.4 is 5.32 Å². The maximum atomic E-state index is 12.3. The molecule has 0 aliphatic rings. The Balaban J connectivity index is 2.21. The summed E-state index contributed by atoms with van der Waals surface area (Å²) in [5.41, 5.74) is 1.66. The number of carbonyl (C=O) groups excluding carboxylic acids is 2. The third-order valence-corrected chi connectivity index (χ3v) is 3.41. The number of nitrogens with one attached hydrogen (secondary N) is 1. The maximum Gasteiger partial charge on any atom is 0.249 e. The van der Waals surface area contributed by atoms with Crippen molar-refractivity contribution in [2.75, 3.05) is 5.32 Å². The first-order chi connectivity index (χ1) is 10.5. The van der Waals surface area contributed by atoms with E-state index in [2.05, 4.69) is 5.32 Å². The summed E-state index contributed by atoms with van der Waals surface area (Å²) in [4.78, 5) is 24.5. The molecule has 22 heavy (non-hydrogen) atoms. The molecule has 0 aliphatic heterocycles. The van der Waals surface area contributed by atoms with Crippen LogP contribution in [0.1, 0.15) is 15.9 Å². The average Bonchev–Trinajstić information content (AvgIpc) is 2.48. The van der Waals surface area contributed by atoms with Crippen molar-refractivity contribution in [3.63, 3.8) is 0 Å². The summed E-state index contributed by atoms with van der Waals surface area (Å²) in [5, 5.41) is 12.0. The molecule has 1 amide bonds. The van der Waals surface area contributed by atoms with E-state index in [0.29, 0.717) is 5.69 Å². The molecule has 1 atom stereocenters. The number of hydrogen-bond donors (Lipinski definition) is 1. The summed E-state index contributed by atoms with van der Waals surface area (Å²) in [7, 11) is 0. The Kier molecular flexibility index (Phi) is 4.92. The van der Waals surface area contributed by atoms with Crippen LogP contribution in [0.15, 0.2) is 48.5 Å². The molecule has 0 unspecified atom stereocenters. The third-order valence-electron chi connectivity index (χ3n) is 3.08. The fourth-order valence-corrected chi connectivity index (χ4v) is 2.22. The van der Waals surface area contributed by atoms with E-state index in [4.69, 9.17) is 11.6 Å². The van der Waals surface area contributed by atoms with Gasteiger partial charge in [-0.25, -0.2) is 0 Å². The van der Waals surface area contributed by atoms with Crippen LogP contribution in [0.5, 0.6) is 0 Å². The summed E-state index contributed by atoms with van der Waals surface area (Å²) in [6, 6.07) is 15.2. The number of ketones is 1. The van der Waals surface area contributed by atoms with Crippen molar-refractivity contribution in [3.05, 3.63) is 64.7 Å². The number of halogens is 1. The zero-order valence-corrected chi connectivity index (χ0v) is 12.6. The zero-order chi connectivity index (χ0) is 16.1. The monoisotopic (exact) mass is 312 g/mol. The number of Topliss-reactive ketones (excluding diaryl/α,β-unsaturated/α-hetero) is 1. The molecule has 0 aromatic heterocycles. The minimum atomic E-state index is -1.44. The summed E-state index contributed by atoms with van der Waals surface area (Å²) >= 11 is 5.94. The first-order valence-electron chi connectivity index (χ1n) is 6.59. The standard InChI is InChI=1S/C17H13ClN2O2/c1-11-5-4-6-12(9-11)20-17(22)14(10-19)16(21)13-7-2-3-8-15(13)18/h2-9,14H,1H3,(H,20,22)/t14-/m0/s1. The predicted molar refractivity (Wildman–Crippen MR) is 84.7 cm³/mol. The van der Waals surface area contributed by atoms with Gasteiger partial charge in [-0.1, -0.05) is 35.9 Å². The second-order valence-corrected chi connectivity index (χ2v) is 5.17. The SMILES string of the molecule is Cc1cccc(NC(=O)[C@@H](C#N)C(=O)c2ccccc2Cl)c1. The average molecular weight is 313 g/mol. The summed E-state index contributed by atoms with van der Waals surface area (Å²) < 4.78 is 0. The van der Waals surface area contributed by atoms with Crippen molar-refractivity contribution >= 4 is 29.0 Å². The maximum absolute atomic E-state index is 12.3. The topological polar surface area (TPSA) is 70.0 Å². The lowest BCUT2D eigenvalue weighted by Gasteiger charge is -2.11. The molecule has 0 aliphatic carbocycles. The summed E-state index contributed by atoms with van der Waals surface area (Å²) in [6.07, 6.45) is 0. The lowest BCUT2D eigenvalue weighted by molar-refractivity contribution is -0.117. The number of benzene rings is 2. The lowest BCUT2D eigenvalue weighted by Crippen LogP contribution is -2.28. The van der Waals surface area contributed by atoms with E-state index in [-0.39, 0.29) is 10.6 Å². The largest absolute Gasteiger partial charge is 0.325 e. The van der Waals surface area contributed by atoms with E-state index in [1.807, 2.05) is 13.0 Å². The van der Waals surface area contributed by atoms with Gasteiger partial charge in [0.1, 0.15) is 0 Å². The van der Waals surface area contributed by atoms with Crippen molar-refractivity contribution in [3.8, 4) is 6.07 Å². The van der Waals surface area contributed by atoms with E-state index in [0.717, 1.165) is 5.56 Å². The Morgan fingerprint density at radius 3 is 2.55 bits per heavy atom. The zero-order valence-electron chi connectivity index (χ0n) is 11.8. The Morgan fingerprint density at radius 2 is 1.91 bits per heavy atom. The van der Waals surface area contributed by atoms with Crippen molar-refractivity contribution in [1.82, 2.24) is 0 Å². The molecule has 0 radical (unpaired) electrons. The second kappa shape index (κ2) is 6.88. The predicted octanol–water partition coefficient (Wildman–Crippen LogP) is 3.61. The Labute approximate surface area is 133 Å². The van der Waals surface area contributed by atoms with Crippen LogP contribution in [-0.4, -0.2) is 11.7 Å². The van der Waals surface area contributed by atoms with E-state index in [9.17, 15) is 14.9 Å². The highest BCUT2D eigenvalue weighted by Gasteiger charge is 2.28. The first-order valence-corrected chi connectivity index (χ1v) is 6.96. The summed E-state index contributed by atoms with van der Waals surface area (Å²) in [6.45, 7) is 1.88. The smallest absolute Gasteiger partial charge is 0.249 e. The lowest BCUT2D eigenvalue weighted by atomic mass is 9.98. The molecule has 1 N–H and O–H groups in total. The molecule has 0 heterocycles. The molecule has 110 valence electrons. The second-order valence-electron chi connectivity index (χ2n) is 4.76. The molecule has 5 heteroatoms. The highest BCUT2D eigenvalue weighted by Crippen LogP contribution is 2.20. The number of rotatable bonds is 4. The number of anilines is 1. The molecule has 2 rings (SSSR count). The van der Waals surface area contributed by atoms with Gasteiger partial charge in [0, 0.05) is 11.3 Å². The number of carbonyl (C=O) groups is 2. The number of hydrogen-bond acceptors (Lipinski definition) is 3. The molecule has 4 nitrogen and oxygen atoms in total. The van der Waals surface area contributed by atoms with Crippen molar-refractivity contribution in [2.24, 2.45) is 5.92 Å². The van der Waals surface area contributed by atoms with E-state index >= 15 is 0 Å². The normalized spacial score (nSPS) is 11.3. The molecule has 0 saturated heterocycles. The van der Waals surface area contributed by atoms with E-state index < -0.39 is 17.6 Å². The van der Waals surface area contributed by atoms with Gasteiger partial charge in [-0.2, -0.15) is 5.26 Å². The van der Waals surface area contributed by atoms with Crippen LogP contribution in [0.3, 0.4) is 0 Å². The van der Waals surface area contributed by atoms with Gasteiger partial charge >= 0.3 is 0 Å². The van der Waals surface area contributed by atoms with Gasteiger partial charge < -0.3 is 5.32 Å². The van der Waals surface area contributed by atoms with Crippen molar-refractivity contribution < 1.29 is 9.59 Å². The van der Waals surface area contributed by atoms with Crippen molar-refractivity contribution in [2.45, 2.75) is 6.92 Å². The van der Waals surface area contributed by atoms with Gasteiger partial charge in [-0.3, -0.25) is 9.59 Å². The molecule has 2 aromatic rings. The Hall–Kier alpha value is -2.64. The molecular weight excluding hydrogens is 300 g/mol. The van der Waals surface area contributed by atoms with Crippen LogP contribution in [-0.2, 0) is 4.79 Å².